The van der Waals surface area contributed by atoms with E-state index >= 15 is 0 Å². The van der Waals surface area contributed by atoms with E-state index in [1.54, 1.807) is 64.1 Å². The van der Waals surface area contributed by atoms with Crippen LogP contribution in [0.25, 0.3) is 11.1 Å². The molecule has 0 saturated heterocycles. The maximum absolute atomic E-state index is 12.6. The quantitative estimate of drug-likeness (QED) is 0.255. The van der Waals surface area contributed by atoms with Crippen molar-refractivity contribution in [2.75, 3.05) is 31.1 Å². The second-order valence-electron chi connectivity index (χ2n) is 9.71. The Hall–Kier alpha value is -4.12. The summed E-state index contributed by atoms with van der Waals surface area (Å²) >= 11 is 0. The number of hydrogen-bond acceptors (Lipinski definition) is 7. The van der Waals surface area contributed by atoms with E-state index < -0.39 is 17.5 Å². The summed E-state index contributed by atoms with van der Waals surface area (Å²) in [6.07, 6.45) is -0.447. The number of carbonyl (C=O) groups excluding carboxylic acids is 2. The number of anilines is 1. The van der Waals surface area contributed by atoms with Crippen molar-refractivity contribution < 1.29 is 28.6 Å². The molecule has 11 nitrogen and oxygen atoms in total. The van der Waals surface area contributed by atoms with Gasteiger partial charge in [-0.1, -0.05) is 12.1 Å². The average molecular weight is 527 g/mol. The SMILES string of the molecule is CCN(C(=O)O)c1cccc(Cn2c(=O)oc3cc(C(=O)NCCCNCC(=O)OC(C)(C)C)ccc32)c1. The van der Waals surface area contributed by atoms with Crippen LogP contribution in [0.2, 0.25) is 0 Å². The molecular formula is C27H34N4O7. The van der Waals surface area contributed by atoms with Gasteiger partial charge in [-0.05, 0) is 76.6 Å². The maximum Gasteiger partial charge on any atom is 0.420 e. The van der Waals surface area contributed by atoms with Crippen LogP contribution >= 0.6 is 0 Å². The standard InChI is InChI=1S/C27H34N4O7/c1-5-30(25(34)35)20-9-6-8-18(14-20)17-31-21-11-10-19(15-22(21)37-26(31)36)24(33)29-13-7-12-28-16-23(32)38-27(2,3)4/h6,8-11,14-15,28H,5,7,12-13,16-17H2,1-4H3,(H,29,33)(H,34,35). The largest absolute Gasteiger partial charge is 0.465 e. The molecule has 0 aliphatic rings. The average Bonchev–Trinajstić information content (AvgIpc) is 3.14. The molecule has 2 aromatic carbocycles. The van der Waals surface area contributed by atoms with Gasteiger partial charge in [0.2, 0.25) is 0 Å². The first-order valence-corrected chi connectivity index (χ1v) is 12.4. The number of nitrogens with one attached hydrogen (secondary N) is 2. The molecule has 0 bridgehead atoms. The molecule has 0 unspecified atom stereocenters. The molecule has 0 spiro atoms. The smallest absolute Gasteiger partial charge is 0.420 e. The Balaban J connectivity index is 1.58. The summed E-state index contributed by atoms with van der Waals surface area (Å²) < 4.78 is 12.0. The van der Waals surface area contributed by atoms with Gasteiger partial charge in [-0.3, -0.25) is 19.1 Å². The first-order chi connectivity index (χ1) is 18.0. The van der Waals surface area contributed by atoms with Crippen LogP contribution in [0.1, 0.15) is 50.0 Å². The molecule has 0 radical (unpaired) electrons. The van der Waals surface area contributed by atoms with E-state index in [0.29, 0.717) is 42.8 Å². The van der Waals surface area contributed by atoms with Crippen molar-refractivity contribution in [2.45, 2.75) is 46.3 Å². The lowest BCUT2D eigenvalue weighted by Crippen LogP contribution is -2.33. The first kappa shape index (κ1) is 28.5. The molecule has 11 heteroatoms. The number of esters is 1. The number of fused-ring (bicyclic) bond motifs is 1. The van der Waals surface area contributed by atoms with Crippen molar-refractivity contribution in [3.8, 4) is 0 Å². The number of amides is 2. The molecule has 2 amide bonds. The van der Waals surface area contributed by atoms with Crippen molar-refractivity contribution >= 4 is 34.8 Å². The summed E-state index contributed by atoms with van der Waals surface area (Å²) in [5.74, 6) is -1.22. The molecule has 204 valence electrons. The summed E-state index contributed by atoms with van der Waals surface area (Å²) in [5.41, 5.74) is 1.86. The normalized spacial score (nSPS) is 11.4. The molecule has 0 aliphatic carbocycles. The van der Waals surface area contributed by atoms with Crippen molar-refractivity contribution in [3.05, 3.63) is 64.1 Å². The molecule has 3 aromatic rings. The predicted octanol–water partition coefficient (Wildman–Crippen LogP) is 3.20. The molecule has 1 heterocycles. The van der Waals surface area contributed by atoms with Gasteiger partial charge in [0.25, 0.3) is 5.91 Å². The number of hydrogen-bond donors (Lipinski definition) is 3. The number of ether oxygens (including phenoxy) is 1. The minimum atomic E-state index is -1.06. The zero-order chi connectivity index (χ0) is 27.9. The zero-order valence-corrected chi connectivity index (χ0v) is 22.1. The Morgan fingerprint density at radius 3 is 2.55 bits per heavy atom. The van der Waals surface area contributed by atoms with Crippen LogP contribution in [-0.2, 0) is 16.1 Å². The van der Waals surface area contributed by atoms with Gasteiger partial charge in [-0.2, -0.15) is 0 Å². The van der Waals surface area contributed by atoms with Crippen molar-refractivity contribution in [1.82, 2.24) is 15.2 Å². The summed E-state index contributed by atoms with van der Waals surface area (Å²) in [5, 5.41) is 15.2. The van der Waals surface area contributed by atoms with Gasteiger partial charge < -0.3 is 24.9 Å². The van der Waals surface area contributed by atoms with E-state index in [2.05, 4.69) is 10.6 Å². The van der Waals surface area contributed by atoms with Crippen molar-refractivity contribution in [2.24, 2.45) is 0 Å². The lowest BCUT2D eigenvalue weighted by atomic mass is 10.1. The van der Waals surface area contributed by atoms with Gasteiger partial charge in [0, 0.05) is 24.3 Å². The monoisotopic (exact) mass is 526 g/mol. The lowest BCUT2D eigenvalue weighted by Gasteiger charge is -2.19. The number of carboxylic acid groups (broad SMARTS) is 1. The molecule has 0 aliphatic heterocycles. The fraction of sp³-hybridized carbons (Fsp3) is 0.407. The van der Waals surface area contributed by atoms with E-state index in [9.17, 15) is 24.3 Å². The van der Waals surface area contributed by atoms with E-state index in [0.717, 1.165) is 5.56 Å². The number of aromatic nitrogens is 1. The first-order valence-electron chi connectivity index (χ1n) is 12.4. The Kier molecular flexibility index (Phi) is 9.30. The zero-order valence-electron chi connectivity index (χ0n) is 22.1. The van der Waals surface area contributed by atoms with Gasteiger partial charge in [0.1, 0.15) is 5.60 Å². The number of nitrogens with zero attached hydrogens (tertiary/aromatic N) is 2. The molecule has 3 rings (SSSR count). The Labute approximate surface area is 220 Å². The van der Waals surface area contributed by atoms with Crippen LogP contribution in [-0.4, -0.2) is 59.4 Å². The van der Waals surface area contributed by atoms with E-state index in [-0.39, 0.29) is 30.5 Å². The van der Waals surface area contributed by atoms with Gasteiger partial charge in [0.15, 0.2) is 5.58 Å². The third-order valence-corrected chi connectivity index (χ3v) is 5.55. The van der Waals surface area contributed by atoms with Gasteiger partial charge >= 0.3 is 17.8 Å². The third-order valence-electron chi connectivity index (χ3n) is 5.55. The summed E-state index contributed by atoms with van der Waals surface area (Å²) in [4.78, 5) is 49.5. The molecule has 38 heavy (non-hydrogen) atoms. The minimum absolute atomic E-state index is 0.0959. The van der Waals surface area contributed by atoms with Crippen molar-refractivity contribution in [1.29, 1.82) is 0 Å². The highest BCUT2D eigenvalue weighted by Gasteiger charge is 2.17. The Morgan fingerprint density at radius 2 is 1.87 bits per heavy atom. The maximum atomic E-state index is 12.6. The fourth-order valence-electron chi connectivity index (χ4n) is 3.88. The molecule has 0 atom stereocenters. The number of oxazole rings is 1. The summed E-state index contributed by atoms with van der Waals surface area (Å²) in [7, 11) is 0. The van der Waals surface area contributed by atoms with Gasteiger partial charge in [-0.15, -0.1) is 0 Å². The number of carbonyl (C=O) groups is 3. The second-order valence-corrected chi connectivity index (χ2v) is 9.71. The van der Waals surface area contributed by atoms with Crippen LogP contribution in [0, 0.1) is 0 Å². The van der Waals surface area contributed by atoms with Crippen LogP contribution in [0.5, 0.6) is 0 Å². The molecule has 0 fully saturated rings. The van der Waals surface area contributed by atoms with E-state index in [1.165, 1.54) is 15.5 Å². The Bertz CT molecular complexity index is 1350. The number of benzene rings is 2. The molecule has 0 saturated carbocycles. The van der Waals surface area contributed by atoms with E-state index in [1.807, 2.05) is 0 Å². The van der Waals surface area contributed by atoms with Crippen LogP contribution in [0.3, 0.4) is 0 Å². The predicted molar refractivity (Wildman–Crippen MR) is 143 cm³/mol. The van der Waals surface area contributed by atoms with Gasteiger partial charge in [0.05, 0.1) is 18.6 Å². The highest BCUT2D eigenvalue weighted by molar-refractivity contribution is 5.97. The summed E-state index contributed by atoms with van der Waals surface area (Å²) in [6.45, 7) is 8.65. The van der Waals surface area contributed by atoms with Crippen LogP contribution in [0.4, 0.5) is 10.5 Å². The third kappa shape index (κ3) is 7.69. The fourth-order valence-corrected chi connectivity index (χ4v) is 3.88. The molecule has 3 N–H and O–H groups in total. The van der Waals surface area contributed by atoms with Crippen LogP contribution < -0.4 is 21.3 Å². The van der Waals surface area contributed by atoms with Gasteiger partial charge in [-0.25, -0.2) is 9.59 Å². The van der Waals surface area contributed by atoms with Crippen molar-refractivity contribution in [3.63, 3.8) is 0 Å². The molecule has 1 aromatic heterocycles. The topological polar surface area (TPSA) is 143 Å². The lowest BCUT2D eigenvalue weighted by molar-refractivity contribution is -0.153. The summed E-state index contributed by atoms with van der Waals surface area (Å²) in [6, 6.07) is 11.7. The van der Waals surface area contributed by atoms with E-state index in [4.69, 9.17) is 9.15 Å². The molecular weight excluding hydrogens is 492 g/mol. The number of rotatable bonds is 11. The minimum Gasteiger partial charge on any atom is -0.465 e. The highest BCUT2D eigenvalue weighted by Crippen LogP contribution is 2.20. The van der Waals surface area contributed by atoms with Crippen LogP contribution in [0.15, 0.2) is 51.7 Å². The highest BCUT2D eigenvalue weighted by atomic mass is 16.6. The second kappa shape index (κ2) is 12.4. The Morgan fingerprint density at radius 1 is 1.11 bits per heavy atom.